The van der Waals surface area contributed by atoms with Crippen LogP contribution in [0.3, 0.4) is 0 Å². The topological polar surface area (TPSA) is 40.6 Å². The fourth-order valence-electron chi connectivity index (χ4n) is 1.50. The second-order valence-electron chi connectivity index (χ2n) is 3.78. The van der Waals surface area contributed by atoms with Crippen LogP contribution in [0.5, 0.6) is 0 Å². The normalized spacial score (nSPS) is 17.1. The second-order valence-corrected chi connectivity index (χ2v) is 4.57. The Morgan fingerprint density at radius 2 is 2.13 bits per heavy atom. The van der Waals surface area contributed by atoms with Crippen molar-refractivity contribution in [1.29, 1.82) is 0 Å². The van der Waals surface area contributed by atoms with Crippen molar-refractivity contribution >= 4 is 27.7 Å². The Morgan fingerprint density at radius 1 is 1.40 bits per heavy atom. The Balaban J connectivity index is 2.31. The van der Waals surface area contributed by atoms with Crippen molar-refractivity contribution in [2.45, 2.75) is 19.3 Å². The number of unbranched alkanes of at least 4 members (excludes halogenated alkanes) is 1. The van der Waals surface area contributed by atoms with Crippen molar-refractivity contribution in [3.63, 3.8) is 0 Å². The number of hydrogen-bond donors (Lipinski definition) is 0. The van der Waals surface area contributed by atoms with E-state index in [1.807, 2.05) is 0 Å². The molecular formula is C10H17BrN2O2. The SMILES string of the molecule is CN1CCN(C(=O)CCCCBr)CC1=O. The lowest BCUT2D eigenvalue weighted by atomic mass is 10.2. The van der Waals surface area contributed by atoms with Gasteiger partial charge in [-0.25, -0.2) is 0 Å². The zero-order valence-electron chi connectivity index (χ0n) is 9.04. The highest BCUT2D eigenvalue weighted by Gasteiger charge is 2.23. The van der Waals surface area contributed by atoms with Gasteiger partial charge in [0.2, 0.25) is 11.8 Å². The molecule has 1 fully saturated rings. The molecule has 1 heterocycles. The van der Waals surface area contributed by atoms with Gasteiger partial charge in [0, 0.05) is 31.9 Å². The molecule has 0 unspecified atom stereocenters. The maximum absolute atomic E-state index is 11.7. The van der Waals surface area contributed by atoms with Gasteiger partial charge in [0.1, 0.15) is 0 Å². The molecule has 0 atom stereocenters. The van der Waals surface area contributed by atoms with Crippen molar-refractivity contribution in [1.82, 2.24) is 9.80 Å². The van der Waals surface area contributed by atoms with Crippen LogP contribution in [0.1, 0.15) is 19.3 Å². The zero-order chi connectivity index (χ0) is 11.3. The van der Waals surface area contributed by atoms with Gasteiger partial charge in [-0.3, -0.25) is 9.59 Å². The van der Waals surface area contributed by atoms with E-state index in [1.165, 1.54) is 0 Å². The number of piperazine rings is 1. The van der Waals surface area contributed by atoms with E-state index in [2.05, 4.69) is 15.9 Å². The molecule has 2 amide bonds. The number of hydrogen-bond acceptors (Lipinski definition) is 2. The van der Waals surface area contributed by atoms with E-state index >= 15 is 0 Å². The summed E-state index contributed by atoms with van der Waals surface area (Å²) in [6, 6.07) is 0. The van der Waals surface area contributed by atoms with Crippen LogP contribution in [0.25, 0.3) is 0 Å². The third kappa shape index (κ3) is 3.81. The summed E-state index contributed by atoms with van der Waals surface area (Å²) >= 11 is 3.33. The van der Waals surface area contributed by atoms with Crippen LogP contribution in [0.4, 0.5) is 0 Å². The Kier molecular flexibility index (Phi) is 5.08. The fraction of sp³-hybridized carbons (Fsp3) is 0.800. The van der Waals surface area contributed by atoms with Crippen LogP contribution in [0.2, 0.25) is 0 Å². The van der Waals surface area contributed by atoms with Gasteiger partial charge < -0.3 is 9.80 Å². The first-order valence-corrected chi connectivity index (χ1v) is 6.35. The summed E-state index contributed by atoms with van der Waals surface area (Å²) < 4.78 is 0. The van der Waals surface area contributed by atoms with E-state index in [0.717, 1.165) is 18.2 Å². The smallest absolute Gasteiger partial charge is 0.241 e. The average molecular weight is 277 g/mol. The van der Waals surface area contributed by atoms with E-state index in [9.17, 15) is 9.59 Å². The molecule has 1 rings (SSSR count). The molecule has 0 spiro atoms. The standard InChI is InChI=1S/C10H17BrN2O2/c1-12-6-7-13(8-10(12)15)9(14)4-2-3-5-11/h2-8H2,1H3. The van der Waals surface area contributed by atoms with Crippen LogP contribution in [0.15, 0.2) is 0 Å². The van der Waals surface area contributed by atoms with E-state index in [1.54, 1.807) is 16.8 Å². The minimum absolute atomic E-state index is 0.0371. The fourth-order valence-corrected chi connectivity index (χ4v) is 1.90. The van der Waals surface area contributed by atoms with Crippen molar-refractivity contribution in [3.05, 3.63) is 0 Å². The van der Waals surface area contributed by atoms with Gasteiger partial charge in [-0.15, -0.1) is 0 Å². The highest BCUT2D eigenvalue weighted by molar-refractivity contribution is 9.09. The number of nitrogens with zero attached hydrogens (tertiary/aromatic N) is 2. The summed E-state index contributed by atoms with van der Waals surface area (Å²) in [6.07, 6.45) is 2.46. The molecular weight excluding hydrogens is 260 g/mol. The predicted molar refractivity (Wildman–Crippen MR) is 61.9 cm³/mol. The van der Waals surface area contributed by atoms with Crippen LogP contribution < -0.4 is 0 Å². The van der Waals surface area contributed by atoms with Gasteiger partial charge in [-0.05, 0) is 12.8 Å². The summed E-state index contributed by atoms with van der Waals surface area (Å²) in [6.45, 7) is 1.59. The number of carbonyl (C=O) groups is 2. The first-order valence-electron chi connectivity index (χ1n) is 5.23. The van der Waals surface area contributed by atoms with E-state index < -0.39 is 0 Å². The third-order valence-corrected chi connectivity index (χ3v) is 3.14. The molecule has 5 heteroatoms. The Labute approximate surface area is 98.7 Å². The maximum Gasteiger partial charge on any atom is 0.241 e. The van der Waals surface area contributed by atoms with Crippen molar-refractivity contribution in [2.75, 3.05) is 32.0 Å². The summed E-state index contributed by atoms with van der Waals surface area (Å²) in [7, 11) is 1.77. The zero-order valence-corrected chi connectivity index (χ0v) is 10.6. The highest BCUT2D eigenvalue weighted by atomic mass is 79.9. The molecule has 1 aliphatic heterocycles. The lowest BCUT2D eigenvalue weighted by Crippen LogP contribution is -2.50. The van der Waals surface area contributed by atoms with Crippen LogP contribution in [-0.4, -0.2) is 53.6 Å². The molecule has 0 saturated carbocycles. The number of amides is 2. The predicted octanol–water partition coefficient (Wildman–Crippen LogP) is 0.852. The molecule has 1 aliphatic rings. The first-order chi connectivity index (χ1) is 7.15. The molecule has 86 valence electrons. The molecule has 0 N–H and O–H groups in total. The van der Waals surface area contributed by atoms with Gasteiger partial charge >= 0.3 is 0 Å². The molecule has 1 saturated heterocycles. The summed E-state index contributed by atoms with van der Waals surface area (Å²) in [5.41, 5.74) is 0. The van der Waals surface area contributed by atoms with Crippen LogP contribution in [0, 0.1) is 0 Å². The largest absolute Gasteiger partial charge is 0.342 e. The van der Waals surface area contributed by atoms with Crippen LogP contribution >= 0.6 is 15.9 Å². The monoisotopic (exact) mass is 276 g/mol. The third-order valence-electron chi connectivity index (χ3n) is 2.58. The van der Waals surface area contributed by atoms with E-state index in [0.29, 0.717) is 19.5 Å². The van der Waals surface area contributed by atoms with Crippen molar-refractivity contribution in [2.24, 2.45) is 0 Å². The Hall–Kier alpha value is -0.580. The number of rotatable bonds is 4. The molecule has 0 bridgehead atoms. The van der Waals surface area contributed by atoms with E-state index in [-0.39, 0.29) is 18.4 Å². The quantitative estimate of drug-likeness (QED) is 0.564. The minimum atomic E-state index is 0.0371. The molecule has 0 aromatic rings. The number of carbonyl (C=O) groups excluding carboxylic acids is 2. The second kappa shape index (κ2) is 6.10. The van der Waals surface area contributed by atoms with Gasteiger partial charge in [0.15, 0.2) is 0 Å². The van der Waals surface area contributed by atoms with Gasteiger partial charge in [-0.2, -0.15) is 0 Å². The van der Waals surface area contributed by atoms with Gasteiger partial charge in [0.05, 0.1) is 6.54 Å². The van der Waals surface area contributed by atoms with Crippen LogP contribution in [-0.2, 0) is 9.59 Å². The molecule has 4 nitrogen and oxygen atoms in total. The lowest BCUT2D eigenvalue weighted by Gasteiger charge is -2.32. The Bertz CT molecular complexity index is 246. The maximum atomic E-state index is 11.7. The van der Waals surface area contributed by atoms with Crippen molar-refractivity contribution < 1.29 is 9.59 Å². The van der Waals surface area contributed by atoms with E-state index in [4.69, 9.17) is 0 Å². The first kappa shape index (κ1) is 12.5. The summed E-state index contributed by atoms with van der Waals surface area (Å²) in [5.74, 6) is 0.146. The summed E-state index contributed by atoms with van der Waals surface area (Å²) in [4.78, 5) is 26.4. The minimum Gasteiger partial charge on any atom is -0.342 e. The molecule has 15 heavy (non-hydrogen) atoms. The molecule has 0 aromatic carbocycles. The average Bonchev–Trinajstić information content (AvgIpc) is 2.22. The molecule has 0 radical (unpaired) electrons. The Morgan fingerprint density at radius 3 is 2.73 bits per heavy atom. The van der Waals surface area contributed by atoms with Gasteiger partial charge in [-0.1, -0.05) is 15.9 Å². The molecule has 0 aromatic heterocycles. The lowest BCUT2D eigenvalue weighted by molar-refractivity contribution is -0.144. The highest BCUT2D eigenvalue weighted by Crippen LogP contribution is 2.06. The number of likely N-dealkylation sites (N-methyl/N-ethyl adjacent to an activating group) is 1. The summed E-state index contributed by atoms with van der Waals surface area (Å²) in [5, 5.41) is 0.932. The van der Waals surface area contributed by atoms with Crippen molar-refractivity contribution in [3.8, 4) is 0 Å². The number of halogens is 1. The number of alkyl halides is 1. The van der Waals surface area contributed by atoms with Gasteiger partial charge in [0.25, 0.3) is 0 Å². The molecule has 0 aliphatic carbocycles.